The highest BCUT2D eigenvalue weighted by Crippen LogP contribution is 2.31. The number of hydrogen-bond acceptors (Lipinski definition) is 4. The van der Waals surface area contributed by atoms with E-state index in [1.54, 1.807) is 48.5 Å². The van der Waals surface area contributed by atoms with Crippen LogP contribution in [0.25, 0.3) is 0 Å². The van der Waals surface area contributed by atoms with Crippen molar-refractivity contribution in [3.05, 3.63) is 59.7 Å². The normalized spacial score (nSPS) is 15.2. The summed E-state index contributed by atoms with van der Waals surface area (Å²) < 4.78 is 26.7. The summed E-state index contributed by atoms with van der Waals surface area (Å²) in [6, 6.07) is 13.2. The Morgan fingerprint density at radius 3 is 2.30 bits per heavy atom. The largest absolute Gasteiger partial charge is 0.350 e. The van der Waals surface area contributed by atoms with Crippen LogP contribution in [0.4, 0.5) is 5.69 Å². The lowest BCUT2D eigenvalue weighted by Crippen LogP contribution is -2.38. The fourth-order valence-corrected chi connectivity index (χ4v) is 4.03. The van der Waals surface area contributed by atoms with Crippen molar-refractivity contribution in [2.45, 2.75) is 30.7 Å². The van der Waals surface area contributed by atoms with Gasteiger partial charge >= 0.3 is 0 Å². The lowest BCUT2D eigenvalue weighted by molar-refractivity contribution is 0.0950. The number of hydrogen-bond donors (Lipinski definition) is 2. The van der Waals surface area contributed by atoms with Crippen molar-refractivity contribution in [2.24, 2.45) is 11.7 Å². The summed E-state index contributed by atoms with van der Waals surface area (Å²) in [5.74, 6) is 0.315. The predicted molar refractivity (Wildman–Crippen MR) is 106 cm³/mol. The Labute approximate surface area is 160 Å². The van der Waals surface area contributed by atoms with Gasteiger partial charge in [0.15, 0.2) is 0 Å². The van der Waals surface area contributed by atoms with Crippen molar-refractivity contribution < 1.29 is 13.2 Å². The molecule has 7 heteroatoms. The molecular weight excluding hydrogens is 362 g/mol. The summed E-state index contributed by atoms with van der Waals surface area (Å²) in [5.41, 5.74) is 7.95. The average molecular weight is 388 g/mol. The number of carbonyl (C=O) groups is 1. The Morgan fingerprint density at radius 2 is 1.74 bits per heavy atom. The Bertz CT molecular complexity index is 904. The van der Waals surface area contributed by atoms with E-state index >= 15 is 0 Å². The molecule has 0 aliphatic heterocycles. The summed E-state index contributed by atoms with van der Waals surface area (Å²) in [7, 11) is -2.15. The molecule has 2 aromatic carbocycles. The van der Waals surface area contributed by atoms with Crippen LogP contribution in [0.1, 0.15) is 28.8 Å². The van der Waals surface area contributed by atoms with Crippen molar-refractivity contribution in [3.8, 4) is 0 Å². The van der Waals surface area contributed by atoms with Gasteiger partial charge in [0.1, 0.15) is 0 Å². The van der Waals surface area contributed by atoms with Gasteiger partial charge in [-0.15, -0.1) is 0 Å². The van der Waals surface area contributed by atoms with Gasteiger partial charge in [0.05, 0.1) is 10.6 Å². The highest BCUT2D eigenvalue weighted by atomic mass is 32.2. The van der Waals surface area contributed by atoms with E-state index in [0.29, 0.717) is 23.7 Å². The summed E-state index contributed by atoms with van der Waals surface area (Å²) in [6.07, 6.45) is 2.26. The van der Waals surface area contributed by atoms with Crippen LogP contribution < -0.4 is 15.4 Å². The molecule has 0 heterocycles. The van der Waals surface area contributed by atoms with Gasteiger partial charge in [-0.1, -0.05) is 17.7 Å². The molecule has 3 rings (SSSR count). The molecule has 1 saturated carbocycles. The van der Waals surface area contributed by atoms with E-state index in [1.165, 1.54) is 11.4 Å². The van der Waals surface area contributed by atoms with Crippen molar-refractivity contribution in [3.63, 3.8) is 0 Å². The Balaban J connectivity index is 1.68. The number of sulfonamides is 1. The number of nitrogens with one attached hydrogen (secondary N) is 1. The molecule has 1 unspecified atom stereocenters. The minimum Gasteiger partial charge on any atom is -0.350 e. The lowest BCUT2D eigenvalue weighted by atomic mass is 10.1. The maximum Gasteiger partial charge on any atom is 0.264 e. The van der Waals surface area contributed by atoms with Crippen molar-refractivity contribution >= 4 is 21.6 Å². The Kier molecular flexibility index (Phi) is 5.53. The van der Waals surface area contributed by atoms with E-state index in [2.05, 4.69) is 5.32 Å². The minimum absolute atomic E-state index is 0.000918. The van der Waals surface area contributed by atoms with Gasteiger partial charge in [-0.2, -0.15) is 0 Å². The predicted octanol–water partition coefficient (Wildman–Crippen LogP) is 2.29. The topological polar surface area (TPSA) is 92.5 Å². The molecule has 0 bridgehead atoms. The minimum atomic E-state index is -3.65. The molecule has 2 aromatic rings. The molecule has 0 spiro atoms. The molecule has 0 radical (unpaired) electrons. The van der Waals surface area contributed by atoms with E-state index in [9.17, 15) is 13.2 Å². The zero-order chi connectivity index (χ0) is 19.6. The van der Waals surface area contributed by atoms with Crippen LogP contribution in [0.3, 0.4) is 0 Å². The van der Waals surface area contributed by atoms with Gasteiger partial charge in [-0.25, -0.2) is 8.42 Å². The second kappa shape index (κ2) is 7.70. The van der Waals surface area contributed by atoms with Crippen molar-refractivity contribution in [1.29, 1.82) is 0 Å². The van der Waals surface area contributed by atoms with Crippen LogP contribution in [0.2, 0.25) is 0 Å². The first kappa shape index (κ1) is 19.4. The van der Waals surface area contributed by atoms with Gasteiger partial charge < -0.3 is 11.1 Å². The SMILES string of the molecule is Cc1ccc(S(=O)(=O)N(C)c2ccc(C(=O)NCC(N)C3CC3)cc2)cc1. The van der Waals surface area contributed by atoms with Crippen LogP contribution in [0, 0.1) is 12.8 Å². The monoisotopic (exact) mass is 387 g/mol. The molecule has 1 aliphatic carbocycles. The number of nitrogens with zero attached hydrogens (tertiary/aromatic N) is 1. The van der Waals surface area contributed by atoms with Gasteiger partial charge in [0.25, 0.3) is 15.9 Å². The fourth-order valence-electron chi connectivity index (χ4n) is 2.83. The first-order valence-electron chi connectivity index (χ1n) is 8.98. The van der Waals surface area contributed by atoms with Gasteiger partial charge in [-0.05, 0) is 62.1 Å². The third-order valence-corrected chi connectivity index (χ3v) is 6.70. The maximum absolute atomic E-state index is 12.7. The van der Waals surface area contributed by atoms with Crippen LogP contribution in [0.15, 0.2) is 53.4 Å². The summed E-state index contributed by atoms with van der Waals surface area (Å²) in [6.45, 7) is 2.36. The average Bonchev–Trinajstić information content (AvgIpc) is 3.51. The second-order valence-corrected chi connectivity index (χ2v) is 9.01. The highest BCUT2D eigenvalue weighted by Gasteiger charge is 2.28. The molecule has 144 valence electrons. The van der Waals surface area contributed by atoms with E-state index in [0.717, 1.165) is 18.4 Å². The molecule has 27 heavy (non-hydrogen) atoms. The van der Waals surface area contributed by atoms with Crippen LogP contribution in [-0.2, 0) is 10.0 Å². The highest BCUT2D eigenvalue weighted by molar-refractivity contribution is 7.92. The van der Waals surface area contributed by atoms with Gasteiger partial charge in [0.2, 0.25) is 0 Å². The molecule has 3 N–H and O–H groups in total. The van der Waals surface area contributed by atoms with Gasteiger partial charge in [0, 0.05) is 25.2 Å². The number of rotatable bonds is 7. The first-order chi connectivity index (χ1) is 12.8. The second-order valence-electron chi connectivity index (χ2n) is 7.04. The van der Waals surface area contributed by atoms with Crippen LogP contribution in [0.5, 0.6) is 0 Å². The zero-order valence-corrected chi connectivity index (χ0v) is 16.4. The number of nitrogens with two attached hydrogens (primary N) is 1. The van der Waals surface area contributed by atoms with E-state index in [4.69, 9.17) is 5.73 Å². The summed E-state index contributed by atoms with van der Waals surface area (Å²) >= 11 is 0. The lowest BCUT2D eigenvalue weighted by Gasteiger charge is -2.20. The number of benzene rings is 2. The first-order valence-corrected chi connectivity index (χ1v) is 10.4. The van der Waals surface area contributed by atoms with Gasteiger partial charge in [-0.3, -0.25) is 9.10 Å². The third kappa shape index (κ3) is 4.48. The van der Waals surface area contributed by atoms with E-state index in [1.807, 2.05) is 6.92 Å². The summed E-state index contributed by atoms with van der Waals surface area (Å²) in [5, 5.41) is 2.83. The Morgan fingerprint density at radius 1 is 1.15 bits per heavy atom. The molecule has 0 aromatic heterocycles. The molecule has 1 aliphatic rings. The molecule has 1 amide bonds. The van der Waals surface area contributed by atoms with Crippen molar-refractivity contribution in [1.82, 2.24) is 5.32 Å². The number of anilines is 1. The summed E-state index contributed by atoms with van der Waals surface area (Å²) in [4.78, 5) is 12.5. The number of amides is 1. The maximum atomic E-state index is 12.7. The van der Waals surface area contributed by atoms with Crippen molar-refractivity contribution in [2.75, 3.05) is 17.9 Å². The molecule has 1 atom stereocenters. The number of carbonyl (C=O) groups excluding carboxylic acids is 1. The molecule has 0 saturated heterocycles. The standard InChI is InChI=1S/C20H25N3O3S/c1-14-3-11-18(12-4-14)27(25,26)23(2)17-9-7-16(8-10-17)20(24)22-13-19(21)15-5-6-15/h3-4,7-12,15,19H,5-6,13,21H2,1-2H3,(H,22,24). The molecular formula is C20H25N3O3S. The quantitative estimate of drug-likeness (QED) is 0.762. The Hall–Kier alpha value is -2.38. The zero-order valence-electron chi connectivity index (χ0n) is 15.6. The molecule has 6 nitrogen and oxygen atoms in total. The smallest absolute Gasteiger partial charge is 0.264 e. The number of aryl methyl sites for hydroxylation is 1. The van der Waals surface area contributed by atoms with Crippen LogP contribution >= 0.6 is 0 Å². The fraction of sp³-hybridized carbons (Fsp3) is 0.350. The third-order valence-electron chi connectivity index (χ3n) is 4.90. The van der Waals surface area contributed by atoms with E-state index in [-0.39, 0.29) is 16.8 Å². The van der Waals surface area contributed by atoms with Crippen LogP contribution in [-0.4, -0.2) is 34.0 Å². The molecule has 1 fully saturated rings. The van der Waals surface area contributed by atoms with E-state index < -0.39 is 10.0 Å².